The molecule has 11 nitrogen and oxygen atoms in total. The molecule has 0 bridgehead atoms. The van der Waals surface area contributed by atoms with Gasteiger partial charge in [0.2, 0.25) is 0 Å². The van der Waals surface area contributed by atoms with E-state index in [-0.39, 0.29) is 0 Å². The first kappa shape index (κ1) is 86.0. The van der Waals surface area contributed by atoms with Gasteiger partial charge in [-0.1, -0.05) is 397 Å². The number of aromatic nitrogens is 10. The topological polar surface area (TPSA) is 110 Å². The van der Waals surface area contributed by atoms with Crippen molar-refractivity contribution in [2.75, 3.05) is 0 Å². The molecule has 0 saturated carbocycles. The van der Waals surface area contributed by atoms with Crippen molar-refractivity contribution in [1.29, 1.82) is 0 Å². The summed E-state index contributed by atoms with van der Waals surface area (Å²) in [7, 11) is -6.11. The first-order chi connectivity index (χ1) is 72.2. The van der Waals surface area contributed by atoms with Crippen LogP contribution in [-0.2, 0) is 0 Å². The Morgan fingerprint density at radius 2 is 0.497 bits per heavy atom. The van der Waals surface area contributed by atoms with Gasteiger partial charge < -0.3 is 22.7 Å². The molecule has 19 aromatic carbocycles. The smallest absolute Gasteiger partial charge is 0.160 e. The van der Waals surface area contributed by atoms with Crippen LogP contribution in [0.1, 0.15) is 0 Å². The predicted octanol–water partition coefficient (Wildman–Crippen LogP) is 30.5. The third-order valence-corrected chi connectivity index (χ3v) is 42.4. The lowest BCUT2D eigenvalue weighted by molar-refractivity contribution is 0.671. The minimum Gasteiger partial charge on any atom is -0.454 e. The van der Waals surface area contributed by atoms with E-state index in [4.69, 9.17) is 34.3 Å². The monoisotopic (exact) mass is 1950 g/mol. The number of para-hydroxylation sites is 6. The molecule has 0 spiro atoms. The van der Waals surface area contributed by atoms with Gasteiger partial charge in [0.15, 0.2) is 23.1 Å². The highest BCUT2D eigenvalue weighted by Crippen LogP contribution is 2.50. The van der Waals surface area contributed by atoms with Gasteiger partial charge in [0.25, 0.3) is 0 Å². The fraction of sp³-hybridized carbons (Fsp3) is 0.0455. The maximum Gasteiger partial charge on any atom is 0.160 e. The van der Waals surface area contributed by atoms with Gasteiger partial charge in [0.05, 0.1) is 65.9 Å². The number of nitrogens with zero attached hydrogens (tertiary/aromatic N) is 10. The van der Waals surface area contributed by atoms with E-state index in [0.29, 0.717) is 0 Å². The molecule has 694 valence electrons. The Bertz CT molecular complexity index is 9960. The summed E-state index contributed by atoms with van der Waals surface area (Å²) in [5, 5.41) is 22.7. The SMILES string of the molecule is C[Si]1(C)c2ccccc2-c2c(-c3ccc(-n4c5ccccc5c5ccc6c7ccccc7n(-c7ccccc7)c6c54)cc3)nc(-c3ccccc3)nc21.C[Si]1(C)c2ccccc2-c2c(-c3ccc(-n4c5ccccc5c5ccc6c7ccccc7oc6c54)cc3)nc(-c3ccccc3)nc21.C[Si]1(C)c2ccccc2-c2c(-c3ccc(-n4c5ccccc5c5ccc6c7ccccc7sc6c54)cc3)nc(-c3ccccc3)nc21. The minimum atomic E-state index is -2.06. The van der Waals surface area contributed by atoms with E-state index in [0.717, 1.165) is 124 Å². The van der Waals surface area contributed by atoms with Crippen molar-refractivity contribution in [3.63, 3.8) is 0 Å². The van der Waals surface area contributed by atoms with Gasteiger partial charge in [-0.2, -0.15) is 0 Å². The summed E-state index contributed by atoms with van der Waals surface area (Å²) in [4.78, 5) is 31.9. The largest absolute Gasteiger partial charge is 0.454 e. The van der Waals surface area contributed by atoms with Gasteiger partial charge in [-0.25, -0.2) is 29.9 Å². The van der Waals surface area contributed by atoms with Crippen LogP contribution in [0.15, 0.2) is 453 Å². The molecule has 147 heavy (non-hydrogen) atoms. The van der Waals surface area contributed by atoms with Crippen molar-refractivity contribution in [2.45, 2.75) is 39.3 Å². The molecular formula is C132H92N10OSSi3. The van der Waals surface area contributed by atoms with Crippen LogP contribution in [0.3, 0.4) is 0 Å². The second-order valence-corrected chi connectivity index (χ2v) is 54.4. The van der Waals surface area contributed by atoms with E-state index in [1.54, 1.807) is 0 Å². The Morgan fingerprint density at radius 1 is 0.211 bits per heavy atom. The normalized spacial score (nSPS) is 13.4. The Labute approximate surface area is 854 Å². The molecule has 3 aliphatic rings. The summed E-state index contributed by atoms with van der Waals surface area (Å²) < 4.78 is 18.9. The molecule has 0 unspecified atom stereocenters. The quantitative estimate of drug-likeness (QED) is 0.125. The lowest BCUT2D eigenvalue weighted by atomic mass is 10.00. The highest BCUT2D eigenvalue weighted by atomic mass is 32.1. The van der Waals surface area contributed by atoms with Gasteiger partial charge >= 0.3 is 0 Å². The molecule has 0 radical (unpaired) electrons. The van der Waals surface area contributed by atoms with Crippen LogP contribution < -0.4 is 31.5 Å². The molecule has 0 fully saturated rings. The Hall–Kier alpha value is -17.7. The molecule has 9 aromatic heterocycles. The van der Waals surface area contributed by atoms with Crippen molar-refractivity contribution in [3.8, 4) is 124 Å². The van der Waals surface area contributed by atoms with Crippen LogP contribution in [0.4, 0.5) is 0 Å². The van der Waals surface area contributed by atoms with Crippen LogP contribution in [0.2, 0.25) is 39.3 Å². The molecule has 0 N–H and O–H groups in total. The molecule has 31 rings (SSSR count). The zero-order valence-electron chi connectivity index (χ0n) is 81.5. The highest BCUT2D eigenvalue weighted by molar-refractivity contribution is 7.26. The van der Waals surface area contributed by atoms with Crippen LogP contribution in [0, 0.1) is 0 Å². The predicted molar refractivity (Wildman–Crippen MR) is 623 cm³/mol. The van der Waals surface area contributed by atoms with E-state index in [9.17, 15) is 0 Å². The molecule has 12 heterocycles. The fourth-order valence-corrected chi connectivity index (χ4v) is 34.3. The van der Waals surface area contributed by atoms with Gasteiger partial charge in [-0.3, -0.25) is 0 Å². The first-order valence-corrected chi connectivity index (χ1v) is 60.3. The number of hydrogen-bond acceptors (Lipinski definition) is 8. The number of benzene rings is 19. The lowest BCUT2D eigenvalue weighted by Gasteiger charge is -2.19. The van der Waals surface area contributed by atoms with Crippen molar-refractivity contribution in [2.24, 2.45) is 0 Å². The van der Waals surface area contributed by atoms with Crippen LogP contribution >= 0.6 is 11.3 Å². The standard InChI is InChI=1S/C48H34N4Si.C42H29N3OSi.C42H29N3SSi/c1-53(2)42-24-14-11-21-39(42)43-44(49-47(50-48(43)53)32-15-5-3-6-16-32)31-25-27-34(28-26-31)52-41-23-13-10-20-36(41)38-30-29-37-35-19-9-12-22-40(35)51(45(37)46(38)52)33-17-7-4-8-18-33;2*1-47(2)36-19-11-8-16-33(36)37-38(43-41(44-42(37)47)27-12-4-3-5-13-27)26-20-22-28(23-21-26)45-34-17-9-6-14-29(34)31-24-25-32-30-15-7-10-18-35(30)46-40(32)39(31)45/h3-30H,1-2H3;2*3-25H,1-2H3. The van der Waals surface area contributed by atoms with E-state index in [2.05, 4.69) is 482 Å². The summed E-state index contributed by atoms with van der Waals surface area (Å²) in [5.74, 6) is 2.37. The molecule has 15 heteroatoms. The van der Waals surface area contributed by atoms with Crippen LogP contribution in [0.5, 0.6) is 0 Å². The van der Waals surface area contributed by atoms with E-state index in [1.165, 1.54) is 161 Å². The maximum atomic E-state index is 6.57. The third-order valence-electron chi connectivity index (χ3n) is 31.2. The minimum absolute atomic E-state index is 0.784. The van der Waals surface area contributed by atoms with Gasteiger partial charge in [0.1, 0.15) is 29.8 Å². The van der Waals surface area contributed by atoms with Crippen LogP contribution in [0.25, 0.3) is 253 Å². The zero-order valence-corrected chi connectivity index (χ0v) is 85.3. The molecule has 0 aliphatic carbocycles. The summed E-state index contributed by atoms with van der Waals surface area (Å²) in [6, 6.07) is 161. The number of thiophene rings is 1. The molecule has 0 saturated heterocycles. The van der Waals surface area contributed by atoms with E-state index in [1.807, 2.05) is 35.6 Å². The average molecular weight is 1950 g/mol. The maximum absolute atomic E-state index is 6.57. The second-order valence-electron chi connectivity index (χ2n) is 40.6. The average Bonchev–Trinajstić information content (AvgIpc) is 1.55. The number of furan rings is 1. The number of rotatable bonds is 10. The van der Waals surface area contributed by atoms with Gasteiger partial charge in [0, 0.05) is 158 Å². The fourth-order valence-electron chi connectivity index (χ4n) is 24.3. The molecular weight excluding hydrogens is 1860 g/mol. The Balaban J connectivity index is 0.000000104. The van der Waals surface area contributed by atoms with Crippen LogP contribution in [-0.4, -0.2) is 72.4 Å². The summed E-state index contributed by atoms with van der Waals surface area (Å²) >= 11 is 1.89. The summed E-state index contributed by atoms with van der Waals surface area (Å²) in [5.41, 5.74) is 32.7. The molecule has 28 aromatic rings. The Kier molecular flexibility index (Phi) is 19.4. The zero-order chi connectivity index (χ0) is 97.8. The molecule has 0 amide bonds. The third kappa shape index (κ3) is 13.2. The van der Waals surface area contributed by atoms with Crippen molar-refractivity contribution < 1.29 is 4.42 Å². The number of hydrogen-bond donors (Lipinski definition) is 0. The second kappa shape index (κ2) is 33.2. The summed E-state index contributed by atoms with van der Waals surface area (Å²) in [6.07, 6.45) is 0. The Morgan fingerprint density at radius 3 is 0.891 bits per heavy atom. The lowest BCUT2D eigenvalue weighted by Crippen LogP contribution is -2.50. The van der Waals surface area contributed by atoms with Crippen molar-refractivity contribution >= 4 is 196 Å². The van der Waals surface area contributed by atoms with Crippen molar-refractivity contribution in [1.82, 2.24) is 48.2 Å². The first-order valence-electron chi connectivity index (χ1n) is 50.5. The summed E-state index contributed by atoms with van der Waals surface area (Å²) in [6.45, 7) is 14.5. The van der Waals surface area contributed by atoms with Gasteiger partial charge in [-0.05, 0) is 123 Å². The van der Waals surface area contributed by atoms with Gasteiger partial charge in [-0.15, -0.1) is 11.3 Å². The van der Waals surface area contributed by atoms with E-state index >= 15 is 0 Å². The highest BCUT2D eigenvalue weighted by Gasteiger charge is 2.45. The number of fused-ring (bicyclic) bond motifs is 30. The van der Waals surface area contributed by atoms with Crippen molar-refractivity contribution in [3.05, 3.63) is 449 Å². The van der Waals surface area contributed by atoms with E-state index < -0.39 is 24.2 Å². The molecule has 3 aliphatic heterocycles. The molecule has 0 atom stereocenters.